The van der Waals surface area contributed by atoms with E-state index in [1.807, 2.05) is 13.8 Å². The number of nitrogens with zero attached hydrogens (tertiary/aromatic N) is 1. The second-order valence-electron chi connectivity index (χ2n) is 15.9. The summed E-state index contributed by atoms with van der Waals surface area (Å²) in [6.45, 7) is 20.2. The van der Waals surface area contributed by atoms with Gasteiger partial charge in [-0.25, -0.2) is 9.59 Å². The van der Waals surface area contributed by atoms with E-state index >= 15 is 0 Å². The highest BCUT2D eigenvalue weighted by Crippen LogP contribution is 2.35. The van der Waals surface area contributed by atoms with Gasteiger partial charge in [-0.3, -0.25) is 19.2 Å². The van der Waals surface area contributed by atoms with Crippen LogP contribution in [0, 0.1) is 28.6 Å². The van der Waals surface area contributed by atoms with E-state index in [4.69, 9.17) is 10.5 Å². The number of Topliss-reactive ketones (excluding diaryl/α,β-unsaturated/α-hetero) is 1. The number of amides is 5. The van der Waals surface area contributed by atoms with Gasteiger partial charge < -0.3 is 31.3 Å². The molecule has 0 aromatic heterocycles. The molecule has 1 saturated heterocycles. The van der Waals surface area contributed by atoms with Gasteiger partial charge in [0.25, 0.3) is 5.91 Å². The van der Waals surface area contributed by atoms with Crippen LogP contribution in [-0.2, 0) is 28.7 Å². The average molecular weight is 622 g/mol. The number of likely N-dealkylation sites (tertiary alicyclic amines) is 1. The number of hydrogen-bond donors (Lipinski definition) is 4. The molecule has 250 valence electrons. The number of ether oxygens (including phenoxy) is 1. The zero-order chi connectivity index (χ0) is 33.9. The van der Waals surface area contributed by atoms with Gasteiger partial charge in [0.15, 0.2) is 0 Å². The Morgan fingerprint density at radius 2 is 1.34 bits per heavy atom. The lowest BCUT2D eigenvalue weighted by molar-refractivity contribution is -0.160. The maximum Gasteiger partial charge on any atom is 0.329 e. The quantitative estimate of drug-likeness (QED) is 0.202. The normalized spacial score (nSPS) is 21.2. The second kappa shape index (κ2) is 13.9. The van der Waals surface area contributed by atoms with Gasteiger partial charge in [0.1, 0.15) is 23.7 Å². The molecule has 5 amide bonds. The number of ketones is 1. The lowest BCUT2D eigenvalue weighted by atomic mass is 9.84. The third-order valence-electron chi connectivity index (χ3n) is 8.17. The number of esters is 1. The van der Waals surface area contributed by atoms with Crippen molar-refractivity contribution in [1.29, 1.82) is 0 Å². The first-order chi connectivity index (χ1) is 19.9. The van der Waals surface area contributed by atoms with E-state index in [1.54, 1.807) is 62.3 Å². The number of urea groups is 1. The molecule has 1 aliphatic carbocycles. The number of primary amides is 1. The van der Waals surface area contributed by atoms with Crippen LogP contribution in [0.1, 0.15) is 102 Å². The summed E-state index contributed by atoms with van der Waals surface area (Å²) in [5, 5.41) is 8.21. The highest BCUT2D eigenvalue weighted by Gasteiger charge is 2.48. The van der Waals surface area contributed by atoms with Crippen molar-refractivity contribution in [3.8, 4) is 0 Å². The molecule has 1 saturated carbocycles. The van der Waals surface area contributed by atoms with Gasteiger partial charge in [-0.15, -0.1) is 0 Å². The average Bonchev–Trinajstić information content (AvgIpc) is 3.54. The molecule has 44 heavy (non-hydrogen) atoms. The minimum atomic E-state index is -1.11. The third kappa shape index (κ3) is 10.2. The zero-order valence-corrected chi connectivity index (χ0v) is 28.5. The van der Waals surface area contributed by atoms with Crippen molar-refractivity contribution >= 4 is 35.5 Å². The molecular weight excluding hydrogens is 566 g/mol. The molecule has 5 N–H and O–H groups in total. The minimum Gasteiger partial charge on any atom is -0.458 e. The van der Waals surface area contributed by atoms with Crippen LogP contribution in [0.3, 0.4) is 0 Å². The van der Waals surface area contributed by atoms with Crippen LogP contribution in [0.15, 0.2) is 0 Å². The van der Waals surface area contributed by atoms with Gasteiger partial charge in [-0.1, -0.05) is 68.2 Å². The molecule has 2 unspecified atom stereocenters. The molecule has 12 nitrogen and oxygen atoms in total. The lowest BCUT2D eigenvalue weighted by Gasteiger charge is -2.38. The molecule has 0 aromatic rings. The maximum atomic E-state index is 14.2. The van der Waals surface area contributed by atoms with Gasteiger partial charge in [-0.05, 0) is 62.2 Å². The van der Waals surface area contributed by atoms with E-state index in [-0.39, 0.29) is 24.3 Å². The molecule has 2 fully saturated rings. The molecule has 1 heterocycles. The van der Waals surface area contributed by atoms with E-state index in [0.717, 1.165) is 12.8 Å². The van der Waals surface area contributed by atoms with Gasteiger partial charge in [0.05, 0.1) is 6.04 Å². The predicted molar refractivity (Wildman–Crippen MR) is 166 cm³/mol. The standard InChI is InChI=1S/C32H55N5O7/c1-17(2)19-14-15-37(21(19)26(40)34-20(16-18-12-13-18)22(38)25(33)39)27(41)23(30(3,4)5)35-29(43)36-24(31(6,7)8)28(42)44-32(9,10)11/h17-21,23-24H,12-16H2,1-11H3,(H2,33,39)(H,34,40)(H2,35,36,43)/t19-,20?,21+,23-,24?/m1/s1. The van der Waals surface area contributed by atoms with Crippen LogP contribution in [-0.4, -0.2) is 76.7 Å². The Morgan fingerprint density at radius 1 is 0.818 bits per heavy atom. The number of nitrogens with two attached hydrogens (primary N) is 1. The largest absolute Gasteiger partial charge is 0.458 e. The van der Waals surface area contributed by atoms with Crippen LogP contribution in [0.4, 0.5) is 4.79 Å². The van der Waals surface area contributed by atoms with E-state index in [9.17, 15) is 28.8 Å². The Balaban J connectivity index is 2.33. The zero-order valence-electron chi connectivity index (χ0n) is 28.5. The Bertz CT molecular complexity index is 1110. The van der Waals surface area contributed by atoms with Crippen LogP contribution in [0.5, 0.6) is 0 Å². The first-order valence-electron chi connectivity index (χ1n) is 15.7. The number of carbonyl (C=O) groups excluding carboxylic acids is 6. The molecule has 12 heteroatoms. The van der Waals surface area contributed by atoms with Crippen molar-refractivity contribution in [3.05, 3.63) is 0 Å². The minimum absolute atomic E-state index is 0.0305. The molecule has 5 atom stereocenters. The Hall–Kier alpha value is -3.18. The van der Waals surface area contributed by atoms with E-state index in [0.29, 0.717) is 12.8 Å². The molecular formula is C32H55N5O7. The van der Waals surface area contributed by atoms with Crippen molar-refractivity contribution in [2.75, 3.05) is 6.54 Å². The fourth-order valence-corrected chi connectivity index (χ4v) is 5.55. The molecule has 0 bridgehead atoms. The number of rotatable bonds is 11. The molecule has 2 aliphatic rings. The Labute approximate surface area is 262 Å². The highest BCUT2D eigenvalue weighted by atomic mass is 16.6. The number of carbonyl (C=O) groups is 6. The molecule has 0 aromatic carbocycles. The summed E-state index contributed by atoms with van der Waals surface area (Å²) >= 11 is 0. The summed E-state index contributed by atoms with van der Waals surface area (Å²) in [4.78, 5) is 80.1. The van der Waals surface area contributed by atoms with Gasteiger partial charge >= 0.3 is 12.0 Å². The Kier molecular flexibility index (Phi) is 11.7. The fraction of sp³-hybridized carbons (Fsp3) is 0.812. The molecule has 1 aliphatic heterocycles. The first kappa shape index (κ1) is 37.0. The monoisotopic (exact) mass is 621 g/mol. The van der Waals surface area contributed by atoms with E-state index < -0.39 is 76.1 Å². The highest BCUT2D eigenvalue weighted by molar-refractivity contribution is 6.37. The van der Waals surface area contributed by atoms with Crippen molar-refractivity contribution in [1.82, 2.24) is 20.9 Å². The summed E-state index contributed by atoms with van der Waals surface area (Å²) < 4.78 is 5.54. The second-order valence-corrected chi connectivity index (χ2v) is 15.9. The van der Waals surface area contributed by atoms with Crippen LogP contribution in [0.25, 0.3) is 0 Å². The summed E-state index contributed by atoms with van der Waals surface area (Å²) in [6.07, 6.45) is 2.68. The number of hydrogen-bond acceptors (Lipinski definition) is 7. The summed E-state index contributed by atoms with van der Waals surface area (Å²) in [5.74, 6) is -3.49. The smallest absolute Gasteiger partial charge is 0.329 e. The van der Waals surface area contributed by atoms with Crippen LogP contribution in [0.2, 0.25) is 0 Å². The first-order valence-corrected chi connectivity index (χ1v) is 15.7. The number of nitrogens with one attached hydrogen (secondary N) is 3. The summed E-state index contributed by atoms with van der Waals surface area (Å²) in [5.41, 5.74) is 3.05. The lowest BCUT2D eigenvalue weighted by Crippen LogP contribution is -2.62. The third-order valence-corrected chi connectivity index (χ3v) is 8.17. The molecule has 2 rings (SSSR count). The fourth-order valence-electron chi connectivity index (χ4n) is 5.55. The van der Waals surface area contributed by atoms with Gasteiger partial charge in [0, 0.05) is 6.54 Å². The Morgan fingerprint density at radius 3 is 1.77 bits per heavy atom. The topological polar surface area (TPSA) is 177 Å². The van der Waals surface area contributed by atoms with E-state index in [1.165, 1.54) is 4.90 Å². The summed E-state index contributed by atoms with van der Waals surface area (Å²) in [7, 11) is 0. The van der Waals surface area contributed by atoms with Crippen LogP contribution < -0.4 is 21.7 Å². The van der Waals surface area contributed by atoms with Crippen molar-refractivity contribution in [2.45, 2.75) is 132 Å². The maximum absolute atomic E-state index is 14.2. The van der Waals surface area contributed by atoms with Crippen molar-refractivity contribution in [3.63, 3.8) is 0 Å². The molecule has 0 spiro atoms. The molecule has 0 radical (unpaired) electrons. The van der Waals surface area contributed by atoms with Crippen LogP contribution >= 0.6 is 0 Å². The predicted octanol–water partition coefficient (Wildman–Crippen LogP) is 2.67. The summed E-state index contributed by atoms with van der Waals surface area (Å²) in [6, 6.07) is -4.75. The van der Waals surface area contributed by atoms with Gasteiger partial charge in [0.2, 0.25) is 17.6 Å². The van der Waals surface area contributed by atoms with Gasteiger partial charge in [-0.2, -0.15) is 0 Å². The SMILES string of the molecule is CC(C)[C@H]1CCN(C(=O)[C@@H](NC(=O)NC(C(=O)OC(C)(C)C)C(C)(C)C)C(C)(C)C)[C@@H]1C(=O)NC(CC1CC1)C(=O)C(N)=O. The van der Waals surface area contributed by atoms with Crippen molar-refractivity contribution < 1.29 is 33.5 Å². The van der Waals surface area contributed by atoms with Crippen molar-refractivity contribution in [2.24, 2.45) is 34.3 Å². The van der Waals surface area contributed by atoms with E-state index in [2.05, 4.69) is 16.0 Å².